The van der Waals surface area contributed by atoms with E-state index in [4.69, 9.17) is 0 Å². The summed E-state index contributed by atoms with van der Waals surface area (Å²) in [5, 5.41) is 41.7. The second-order valence-corrected chi connectivity index (χ2v) is 12.5. The number of phenolic OH excluding ortho intramolecular Hbond substituents is 4. The molecule has 1 unspecified atom stereocenters. The van der Waals surface area contributed by atoms with Crippen LogP contribution in [0.25, 0.3) is 0 Å². The molecule has 0 aliphatic heterocycles. The van der Waals surface area contributed by atoms with Crippen LogP contribution < -0.4 is 0 Å². The van der Waals surface area contributed by atoms with Crippen LogP contribution in [0.15, 0.2) is 72.8 Å². The maximum absolute atomic E-state index is 10.7. The van der Waals surface area contributed by atoms with Crippen molar-refractivity contribution >= 4 is 0 Å². The number of benzene rings is 4. The maximum Gasteiger partial charge on any atom is 0.121 e. The van der Waals surface area contributed by atoms with Crippen molar-refractivity contribution in [2.45, 2.75) is 77.6 Å². The van der Waals surface area contributed by atoms with Crippen molar-refractivity contribution < 1.29 is 20.4 Å². The summed E-state index contributed by atoms with van der Waals surface area (Å²) >= 11 is 0. The van der Waals surface area contributed by atoms with Gasteiger partial charge in [-0.05, 0) is 122 Å². The molecule has 0 radical (unpaired) electrons. The molecule has 0 amide bonds. The Labute approximate surface area is 244 Å². The van der Waals surface area contributed by atoms with Gasteiger partial charge >= 0.3 is 0 Å². The minimum Gasteiger partial charge on any atom is -0.508 e. The van der Waals surface area contributed by atoms with Gasteiger partial charge in [-0.3, -0.25) is 0 Å². The second kappa shape index (κ2) is 10.8. The fraction of sp³-hybridized carbons (Fsp3) is 0.351. The first-order valence-corrected chi connectivity index (χ1v) is 14.7. The zero-order chi connectivity index (χ0) is 29.5. The zero-order valence-electron chi connectivity index (χ0n) is 24.8. The summed E-state index contributed by atoms with van der Waals surface area (Å²) in [5.41, 5.74) is 7.30. The SMILES string of the molecule is Cc1cc(C(C)(CC2CCCCC2(c2ccc(O)cc2)c2ccc(O)cc2)c2cc(C)c(O)c(C)c2)cc(C)c1O. The second-order valence-electron chi connectivity index (χ2n) is 12.5. The Bertz CT molecular complexity index is 1400. The topological polar surface area (TPSA) is 80.9 Å². The first kappa shape index (κ1) is 28.6. The van der Waals surface area contributed by atoms with Gasteiger partial charge in [0.15, 0.2) is 0 Å². The van der Waals surface area contributed by atoms with Crippen LogP contribution in [-0.4, -0.2) is 20.4 Å². The summed E-state index contributed by atoms with van der Waals surface area (Å²) in [6, 6.07) is 23.8. The first-order chi connectivity index (χ1) is 19.5. The smallest absolute Gasteiger partial charge is 0.121 e. The van der Waals surface area contributed by atoms with Crippen molar-refractivity contribution in [2.24, 2.45) is 5.92 Å². The van der Waals surface area contributed by atoms with Gasteiger partial charge in [-0.1, -0.05) is 68.3 Å². The minimum absolute atomic E-state index is 0.235. The Hall–Kier alpha value is -3.92. The Morgan fingerprint density at radius 1 is 0.634 bits per heavy atom. The normalized spacial score (nSPS) is 17.0. The monoisotopic (exact) mass is 550 g/mol. The van der Waals surface area contributed by atoms with E-state index in [1.54, 1.807) is 24.3 Å². The van der Waals surface area contributed by atoms with E-state index in [1.807, 2.05) is 27.7 Å². The molecule has 1 aliphatic carbocycles. The molecular formula is C37H42O4. The van der Waals surface area contributed by atoms with Gasteiger partial charge in [0.2, 0.25) is 0 Å². The molecule has 5 rings (SSSR count). The number of phenols is 4. The lowest BCUT2D eigenvalue weighted by Crippen LogP contribution is -2.43. The molecule has 1 aliphatic rings. The number of hydrogen-bond acceptors (Lipinski definition) is 4. The highest BCUT2D eigenvalue weighted by Crippen LogP contribution is 2.54. The summed E-state index contributed by atoms with van der Waals surface area (Å²) in [7, 11) is 0. The third-order valence-electron chi connectivity index (χ3n) is 9.75. The third kappa shape index (κ3) is 5.05. The average molecular weight is 551 g/mol. The van der Waals surface area contributed by atoms with Gasteiger partial charge in [0.25, 0.3) is 0 Å². The zero-order valence-corrected chi connectivity index (χ0v) is 24.8. The number of hydrogen-bond donors (Lipinski definition) is 4. The Morgan fingerprint density at radius 3 is 1.41 bits per heavy atom. The van der Waals surface area contributed by atoms with Crippen LogP contribution in [0.2, 0.25) is 0 Å². The largest absolute Gasteiger partial charge is 0.508 e. The third-order valence-corrected chi connectivity index (χ3v) is 9.75. The van der Waals surface area contributed by atoms with Crippen LogP contribution in [0.4, 0.5) is 0 Å². The van der Waals surface area contributed by atoms with Crippen molar-refractivity contribution in [3.05, 3.63) is 117 Å². The van der Waals surface area contributed by atoms with E-state index < -0.39 is 5.41 Å². The van der Waals surface area contributed by atoms with Crippen molar-refractivity contribution in [1.29, 1.82) is 0 Å². The van der Waals surface area contributed by atoms with Crippen LogP contribution in [-0.2, 0) is 10.8 Å². The van der Waals surface area contributed by atoms with E-state index in [2.05, 4.69) is 55.5 Å². The van der Waals surface area contributed by atoms with Crippen LogP contribution >= 0.6 is 0 Å². The highest BCUT2D eigenvalue weighted by molar-refractivity contribution is 5.53. The molecule has 1 fully saturated rings. The van der Waals surface area contributed by atoms with Crippen LogP contribution in [0.1, 0.15) is 83.5 Å². The van der Waals surface area contributed by atoms with Gasteiger partial charge in [0.05, 0.1) is 0 Å². The van der Waals surface area contributed by atoms with Gasteiger partial charge in [-0.2, -0.15) is 0 Å². The van der Waals surface area contributed by atoms with Crippen molar-refractivity contribution in [1.82, 2.24) is 0 Å². The molecule has 4 aromatic rings. The van der Waals surface area contributed by atoms with Gasteiger partial charge < -0.3 is 20.4 Å². The lowest BCUT2D eigenvalue weighted by atomic mass is 9.54. The highest BCUT2D eigenvalue weighted by Gasteiger charge is 2.47. The van der Waals surface area contributed by atoms with E-state index in [0.29, 0.717) is 11.5 Å². The molecule has 41 heavy (non-hydrogen) atoms. The van der Waals surface area contributed by atoms with E-state index in [1.165, 1.54) is 11.1 Å². The summed E-state index contributed by atoms with van der Waals surface area (Å²) in [6.07, 6.45) is 5.04. The quantitative estimate of drug-likeness (QED) is 0.194. The fourth-order valence-electron chi connectivity index (χ4n) is 7.41. The van der Waals surface area contributed by atoms with Crippen LogP contribution in [0.3, 0.4) is 0 Å². The molecule has 1 atom stereocenters. The average Bonchev–Trinajstić information content (AvgIpc) is 2.95. The summed E-state index contributed by atoms with van der Waals surface area (Å²) in [6.45, 7) is 10.1. The Kier molecular flexibility index (Phi) is 7.54. The summed E-state index contributed by atoms with van der Waals surface area (Å²) in [4.78, 5) is 0. The lowest BCUT2D eigenvalue weighted by molar-refractivity contribution is 0.186. The molecule has 1 saturated carbocycles. The molecule has 214 valence electrons. The van der Waals surface area contributed by atoms with E-state index in [9.17, 15) is 20.4 Å². The van der Waals surface area contributed by atoms with Crippen LogP contribution in [0, 0.1) is 33.6 Å². The van der Waals surface area contributed by atoms with Gasteiger partial charge in [0.1, 0.15) is 23.0 Å². The van der Waals surface area contributed by atoms with Crippen molar-refractivity contribution in [2.75, 3.05) is 0 Å². The predicted octanol–water partition coefficient (Wildman–Crippen LogP) is 8.62. The molecule has 0 bridgehead atoms. The summed E-state index contributed by atoms with van der Waals surface area (Å²) in [5.74, 6) is 1.39. The molecule has 0 aromatic heterocycles. The molecule has 0 saturated heterocycles. The Morgan fingerprint density at radius 2 is 1.02 bits per heavy atom. The standard InChI is InChI=1S/C37H42O4/c1-23-18-30(19-24(2)34(23)40)36(5,31-20-25(3)35(41)26(4)21-31)22-29-8-6-7-17-37(29,27-9-13-32(38)14-10-27)28-11-15-33(39)16-12-28/h9-16,18-21,29,38-41H,6-8,17,22H2,1-5H3. The number of aryl methyl sites for hydroxylation is 4. The number of rotatable bonds is 6. The van der Waals surface area contributed by atoms with Gasteiger partial charge in [-0.15, -0.1) is 0 Å². The molecule has 0 heterocycles. The van der Waals surface area contributed by atoms with E-state index in [-0.39, 0.29) is 22.8 Å². The Balaban J connectivity index is 1.75. The van der Waals surface area contributed by atoms with Gasteiger partial charge in [-0.25, -0.2) is 0 Å². The highest BCUT2D eigenvalue weighted by atomic mass is 16.3. The van der Waals surface area contributed by atoms with Crippen molar-refractivity contribution in [3.8, 4) is 23.0 Å². The summed E-state index contributed by atoms with van der Waals surface area (Å²) < 4.78 is 0. The molecule has 4 N–H and O–H groups in total. The number of aromatic hydroxyl groups is 4. The fourth-order valence-corrected chi connectivity index (χ4v) is 7.41. The van der Waals surface area contributed by atoms with Gasteiger partial charge in [0, 0.05) is 10.8 Å². The molecule has 4 nitrogen and oxygen atoms in total. The molecule has 4 aromatic carbocycles. The lowest BCUT2D eigenvalue weighted by Gasteiger charge is -2.49. The predicted molar refractivity (Wildman–Crippen MR) is 165 cm³/mol. The molecule has 4 heteroatoms. The van der Waals surface area contributed by atoms with E-state index in [0.717, 1.165) is 65.5 Å². The maximum atomic E-state index is 10.7. The minimum atomic E-state index is -0.423. The van der Waals surface area contributed by atoms with E-state index >= 15 is 0 Å². The first-order valence-electron chi connectivity index (χ1n) is 14.7. The van der Waals surface area contributed by atoms with Crippen molar-refractivity contribution in [3.63, 3.8) is 0 Å². The van der Waals surface area contributed by atoms with Crippen LogP contribution in [0.5, 0.6) is 23.0 Å². The molecule has 0 spiro atoms. The molecular weight excluding hydrogens is 508 g/mol.